The standard InChI is InChI=1S/C21H18N4O2/c26-21(17-13-15-9-4-5-10-16(15)22-17)25-12-6-11-18(25)20-23-19(24-27-20)14-7-2-1-3-8-14/h1-5,7-10,13,18,22H,6,11-12H2/t18-/m1/s1. The summed E-state index contributed by atoms with van der Waals surface area (Å²) in [5.74, 6) is 1.01. The van der Waals surface area contributed by atoms with E-state index in [9.17, 15) is 4.79 Å². The summed E-state index contributed by atoms with van der Waals surface area (Å²) in [6.07, 6.45) is 1.74. The van der Waals surface area contributed by atoms with E-state index in [1.165, 1.54) is 0 Å². The zero-order valence-corrected chi connectivity index (χ0v) is 14.6. The number of hydrogen-bond donors (Lipinski definition) is 1. The van der Waals surface area contributed by atoms with Gasteiger partial charge in [0, 0.05) is 23.0 Å². The van der Waals surface area contributed by atoms with Gasteiger partial charge in [0.25, 0.3) is 5.91 Å². The second-order valence-corrected chi connectivity index (χ2v) is 6.75. The predicted molar refractivity (Wildman–Crippen MR) is 101 cm³/mol. The summed E-state index contributed by atoms with van der Waals surface area (Å²) >= 11 is 0. The smallest absolute Gasteiger partial charge is 0.270 e. The third-order valence-electron chi connectivity index (χ3n) is 5.03. The summed E-state index contributed by atoms with van der Waals surface area (Å²) in [5, 5.41) is 5.13. The maximum Gasteiger partial charge on any atom is 0.270 e. The number of H-pyrrole nitrogens is 1. The van der Waals surface area contributed by atoms with E-state index in [-0.39, 0.29) is 11.9 Å². The lowest BCUT2D eigenvalue weighted by Gasteiger charge is -2.21. The lowest BCUT2D eigenvalue weighted by atomic mass is 10.2. The van der Waals surface area contributed by atoms with Gasteiger partial charge in [0.15, 0.2) is 0 Å². The van der Waals surface area contributed by atoms with Crippen molar-refractivity contribution in [2.75, 3.05) is 6.54 Å². The van der Waals surface area contributed by atoms with Gasteiger partial charge in [0.1, 0.15) is 11.7 Å². The topological polar surface area (TPSA) is 75.0 Å². The number of rotatable bonds is 3. The van der Waals surface area contributed by atoms with E-state index in [0.717, 1.165) is 29.3 Å². The molecule has 1 aliphatic heterocycles. The number of nitrogens with one attached hydrogen (secondary N) is 1. The predicted octanol–water partition coefficient (Wildman–Crippen LogP) is 4.20. The average Bonchev–Trinajstić information content (AvgIpc) is 3.46. The first kappa shape index (κ1) is 15.8. The monoisotopic (exact) mass is 358 g/mol. The minimum Gasteiger partial charge on any atom is -0.351 e. The van der Waals surface area contributed by atoms with Crippen LogP contribution in [0.5, 0.6) is 0 Å². The Balaban J connectivity index is 1.43. The van der Waals surface area contributed by atoms with E-state index < -0.39 is 0 Å². The highest BCUT2D eigenvalue weighted by Gasteiger charge is 2.35. The Labute approximate surface area is 155 Å². The number of amides is 1. The van der Waals surface area contributed by atoms with Crippen LogP contribution in [0.1, 0.15) is 35.3 Å². The third kappa shape index (κ3) is 2.79. The van der Waals surface area contributed by atoms with Crippen molar-refractivity contribution in [3.05, 3.63) is 72.2 Å². The Morgan fingerprint density at radius 1 is 1.11 bits per heavy atom. The number of fused-ring (bicyclic) bond motifs is 1. The highest BCUT2D eigenvalue weighted by atomic mass is 16.5. The van der Waals surface area contributed by atoms with Gasteiger partial charge in [-0.05, 0) is 25.0 Å². The second kappa shape index (κ2) is 6.39. The van der Waals surface area contributed by atoms with Gasteiger partial charge in [0.05, 0.1) is 0 Å². The van der Waals surface area contributed by atoms with Gasteiger partial charge >= 0.3 is 0 Å². The van der Waals surface area contributed by atoms with E-state index in [0.29, 0.717) is 24.0 Å². The molecule has 1 fully saturated rings. The van der Waals surface area contributed by atoms with E-state index in [1.54, 1.807) is 0 Å². The first-order valence-electron chi connectivity index (χ1n) is 9.07. The molecular weight excluding hydrogens is 340 g/mol. The number of likely N-dealkylation sites (tertiary alicyclic amines) is 1. The molecule has 0 bridgehead atoms. The molecule has 0 unspecified atom stereocenters. The van der Waals surface area contributed by atoms with Crippen LogP contribution in [0.4, 0.5) is 0 Å². The molecule has 0 aliphatic carbocycles. The molecule has 2 aromatic heterocycles. The molecule has 2 aromatic carbocycles. The minimum atomic E-state index is -0.186. The number of carbonyl (C=O) groups excluding carboxylic acids is 1. The Morgan fingerprint density at radius 3 is 2.78 bits per heavy atom. The van der Waals surface area contributed by atoms with Gasteiger partial charge in [-0.3, -0.25) is 4.79 Å². The van der Waals surface area contributed by atoms with Gasteiger partial charge < -0.3 is 14.4 Å². The van der Waals surface area contributed by atoms with Crippen molar-refractivity contribution >= 4 is 16.8 Å². The van der Waals surface area contributed by atoms with Gasteiger partial charge in [-0.2, -0.15) is 4.98 Å². The van der Waals surface area contributed by atoms with Crippen molar-refractivity contribution in [2.24, 2.45) is 0 Å². The first-order chi connectivity index (χ1) is 13.3. The highest BCUT2D eigenvalue weighted by Crippen LogP contribution is 2.33. The van der Waals surface area contributed by atoms with E-state index in [1.807, 2.05) is 65.6 Å². The summed E-state index contributed by atoms with van der Waals surface area (Å²) < 4.78 is 5.51. The molecular formula is C21H18N4O2. The van der Waals surface area contributed by atoms with E-state index in [4.69, 9.17) is 4.52 Å². The number of benzene rings is 2. The van der Waals surface area contributed by atoms with Crippen LogP contribution in [-0.4, -0.2) is 32.5 Å². The molecule has 0 radical (unpaired) electrons. The van der Waals surface area contributed by atoms with Crippen LogP contribution in [0.3, 0.4) is 0 Å². The number of aromatic amines is 1. The largest absolute Gasteiger partial charge is 0.351 e. The minimum absolute atomic E-state index is 0.0341. The molecule has 1 saturated heterocycles. The van der Waals surface area contributed by atoms with Crippen molar-refractivity contribution in [2.45, 2.75) is 18.9 Å². The zero-order chi connectivity index (χ0) is 18.2. The fourth-order valence-electron chi connectivity index (χ4n) is 3.68. The Bertz CT molecular complexity index is 1070. The Hall–Kier alpha value is -3.41. The molecule has 0 spiro atoms. The first-order valence-corrected chi connectivity index (χ1v) is 9.07. The van der Waals surface area contributed by atoms with E-state index in [2.05, 4.69) is 15.1 Å². The number of para-hydroxylation sites is 1. The summed E-state index contributed by atoms with van der Waals surface area (Å²) in [6, 6.07) is 19.3. The molecule has 0 saturated carbocycles. The number of aromatic nitrogens is 3. The van der Waals surface area contributed by atoms with Gasteiger partial charge in [0.2, 0.25) is 11.7 Å². The van der Waals surface area contributed by atoms with Crippen molar-refractivity contribution < 1.29 is 9.32 Å². The molecule has 5 rings (SSSR count). The van der Waals surface area contributed by atoms with Gasteiger partial charge in [-0.25, -0.2) is 0 Å². The fourth-order valence-corrected chi connectivity index (χ4v) is 3.68. The van der Waals surface area contributed by atoms with Gasteiger partial charge in [-0.15, -0.1) is 0 Å². The normalized spacial score (nSPS) is 16.9. The molecule has 3 heterocycles. The highest BCUT2D eigenvalue weighted by molar-refractivity contribution is 5.98. The third-order valence-corrected chi connectivity index (χ3v) is 5.03. The Kier molecular flexibility index (Phi) is 3.74. The van der Waals surface area contributed by atoms with Crippen molar-refractivity contribution in [1.29, 1.82) is 0 Å². The van der Waals surface area contributed by atoms with Crippen LogP contribution in [0.15, 0.2) is 65.2 Å². The molecule has 1 amide bonds. The van der Waals surface area contributed by atoms with Crippen LogP contribution < -0.4 is 0 Å². The summed E-state index contributed by atoms with van der Waals surface area (Å²) in [5.41, 5.74) is 2.45. The number of carbonyl (C=O) groups is 1. The van der Waals surface area contributed by atoms with Crippen LogP contribution in [0.2, 0.25) is 0 Å². The maximum absolute atomic E-state index is 13.1. The number of hydrogen-bond acceptors (Lipinski definition) is 4. The zero-order valence-electron chi connectivity index (χ0n) is 14.6. The maximum atomic E-state index is 13.1. The lowest BCUT2D eigenvalue weighted by Crippen LogP contribution is -2.31. The molecule has 1 atom stereocenters. The van der Waals surface area contributed by atoms with Crippen LogP contribution >= 0.6 is 0 Å². The van der Waals surface area contributed by atoms with Gasteiger partial charge in [-0.1, -0.05) is 53.7 Å². The van der Waals surface area contributed by atoms with Crippen LogP contribution in [-0.2, 0) is 0 Å². The SMILES string of the molecule is O=C(c1cc2ccccc2[nH]1)N1CCC[C@@H]1c1nc(-c2ccccc2)no1. The molecule has 6 heteroatoms. The summed E-state index contributed by atoms with van der Waals surface area (Å²) in [7, 11) is 0. The second-order valence-electron chi connectivity index (χ2n) is 6.75. The lowest BCUT2D eigenvalue weighted by molar-refractivity contribution is 0.0705. The van der Waals surface area contributed by atoms with Crippen LogP contribution in [0.25, 0.3) is 22.3 Å². The number of nitrogens with zero attached hydrogens (tertiary/aromatic N) is 3. The summed E-state index contributed by atoms with van der Waals surface area (Å²) in [4.78, 5) is 22.7. The Morgan fingerprint density at radius 2 is 1.93 bits per heavy atom. The average molecular weight is 358 g/mol. The summed E-state index contributed by atoms with van der Waals surface area (Å²) in [6.45, 7) is 0.682. The van der Waals surface area contributed by atoms with E-state index >= 15 is 0 Å². The fraction of sp³-hybridized carbons (Fsp3) is 0.190. The molecule has 1 N–H and O–H groups in total. The van der Waals surface area contributed by atoms with Crippen molar-refractivity contribution in [1.82, 2.24) is 20.0 Å². The molecule has 134 valence electrons. The quantitative estimate of drug-likeness (QED) is 0.596. The van der Waals surface area contributed by atoms with Crippen LogP contribution in [0, 0.1) is 0 Å². The molecule has 6 nitrogen and oxygen atoms in total. The van der Waals surface area contributed by atoms with Crippen molar-refractivity contribution in [3.8, 4) is 11.4 Å². The molecule has 27 heavy (non-hydrogen) atoms. The molecule has 4 aromatic rings. The van der Waals surface area contributed by atoms with Crippen molar-refractivity contribution in [3.63, 3.8) is 0 Å². The molecule has 1 aliphatic rings.